The zero-order valence-electron chi connectivity index (χ0n) is 13.4. The lowest BCUT2D eigenvalue weighted by molar-refractivity contribution is 0.152. The molecule has 6 nitrogen and oxygen atoms in total. The van der Waals surface area contributed by atoms with Gasteiger partial charge in [0.25, 0.3) is 0 Å². The Labute approximate surface area is 131 Å². The number of aliphatic imine (C=N–C) groups is 1. The van der Waals surface area contributed by atoms with Gasteiger partial charge >= 0.3 is 0 Å². The molecule has 1 aromatic heterocycles. The fraction of sp³-hybridized carbons (Fsp3) is 0.500. The van der Waals surface area contributed by atoms with Crippen molar-refractivity contribution in [2.75, 3.05) is 33.4 Å². The van der Waals surface area contributed by atoms with Gasteiger partial charge in [-0.3, -0.25) is 4.99 Å². The Kier molecular flexibility index (Phi) is 6.70. The molecule has 0 saturated carbocycles. The molecule has 1 aromatic carbocycles. The molecule has 0 unspecified atom stereocenters. The van der Waals surface area contributed by atoms with Crippen LogP contribution in [0.25, 0.3) is 11.0 Å². The van der Waals surface area contributed by atoms with Gasteiger partial charge in [-0.05, 0) is 25.5 Å². The lowest BCUT2D eigenvalue weighted by atomic mass is 10.3. The molecule has 0 amide bonds. The number of ether oxygens (including phenoxy) is 1. The third-order valence-corrected chi connectivity index (χ3v) is 3.36. The van der Waals surface area contributed by atoms with Crippen molar-refractivity contribution in [1.29, 1.82) is 0 Å². The standard InChI is InChI=1S/C16H25N5O/c1-3-22-12-10-19-16(17-2)18-9-6-11-21-13-20-14-7-4-5-8-15(14)21/h4-5,7-8,13H,3,6,9-12H2,1-2H3,(H2,17,18,19). The minimum atomic E-state index is 0.693. The molecule has 0 atom stereocenters. The molecule has 0 aliphatic carbocycles. The Balaban J connectivity index is 1.70. The van der Waals surface area contributed by atoms with Crippen LogP contribution in [0.2, 0.25) is 0 Å². The second-order valence-corrected chi connectivity index (χ2v) is 4.90. The average Bonchev–Trinajstić information content (AvgIpc) is 2.97. The highest BCUT2D eigenvalue weighted by Crippen LogP contribution is 2.11. The molecule has 0 fully saturated rings. The van der Waals surface area contributed by atoms with Crippen LogP contribution in [0.3, 0.4) is 0 Å². The fourth-order valence-corrected chi connectivity index (χ4v) is 2.25. The van der Waals surface area contributed by atoms with E-state index in [0.29, 0.717) is 6.61 Å². The first-order valence-corrected chi connectivity index (χ1v) is 7.77. The maximum atomic E-state index is 5.29. The van der Waals surface area contributed by atoms with Gasteiger partial charge in [0.05, 0.1) is 24.0 Å². The van der Waals surface area contributed by atoms with Crippen LogP contribution in [0.1, 0.15) is 13.3 Å². The molecule has 0 bridgehead atoms. The van der Waals surface area contributed by atoms with E-state index < -0.39 is 0 Å². The second kappa shape index (κ2) is 9.04. The van der Waals surface area contributed by atoms with Crippen LogP contribution in [-0.2, 0) is 11.3 Å². The highest BCUT2D eigenvalue weighted by atomic mass is 16.5. The molecule has 0 radical (unpaired) electrons. The smallest absolute Gasteiger partial charge is 0.191 e. The molecule has 2 rings (SSSR count). The molecule has 1 heterocycles. The number of hydrogen-bond acceptors (Lipinski definition) is 3. The molecule has 6 heteroatoms. The summed E-state index contributed by atoms with van der Waals surface area (Å²) in [5.41, 5.74) is 2.23. The summed E-state index contributed by atoms with van der Waals surface area (Å²) >= 11 is 0. The number of hydrogen-bond donors (Lipinski definition) is 2. The van der Waals surface area contributed by atoms with E-state index in [1.807, 2.05) is 31.5 Å². The lowest BCUT2D eigenvalue weighted by Gasteiger charge is -2.12. The number of rotatable bonds is 8. The summed E-state index contributed by atoms with van der Waals surface area (Å²) in [4.78, 5) is 8.59. The number of nitrogens with one attached hydrogen (secondary N) is 2. The van der Waals surface area contributed by atoms with Gasteiger partial charge in [-0.15, -0.1) is 0 Å². The van der Waals surface area contributed by atoms with E-state index >= 15 is 0 Å². The fourth-order valence-electron chi connectivity index (χ4n) is 2.25. The SMILES string of the molecule is CCOCCNC(=NC)NCCCn1cnc2ccccc21. The van der Waals surface area contributed by atoms with Gasteiger partial charge in [-0.2, -0.15) is 0 Å². The highest BCUT2D eigenvalue weighted by molar-refractivity contribution is 5.79. The van der Waals surface area contributed by atoms with Gasteiger partial charge in [-0.1, -0.05) is 12.1 Å². The first-order chi connectivity index (χ1) is 10.8. The normalized spacial score (nSPS) is 11.8. The van der Waals surface area contributed by atoms with Gasteiger partial charge in [0.1, 0.15) is 0 Å². The molecular formula is C16H25N5O. The van der Waals surface area contributed by atoms with Crippen molar-refractivity contribution in [3.05, 3.63) is 30.6 Å². The molecule has 0 aliphatic rings. The van der Waals surface area contributed by atoms with Gasteiger partial charge < -0.3 is 19.9 Å². The number of benzene rings is 1. The Hall–Kier alpha value is -2.08. The van der Waals surface area contributed by atoms with Gasteiger partial charge in [0.2, 0.25) is 0 Å². The van der Waals surface area contributed by atoms with E-state index in [4.69, 9.17) is 4.74 Å². The average molecular weight is 303 g/mol. The van der Waals surface area contributed by atoms with E-state index in [2.05, 4.69) is 31.2 Å². The largest absolute Gasteiger partial charge is 0.380 e. The summed E-state index contributed by atoms with van der Waals surface area (Å²) in [7, 11) is 1.78. The Morgan fingerprint density at radius 1 is 1.27 bits per heavy atom. The summed E-state index contributed by atoms with van der Waals surface area (Å²) in [5.74, 6) is 0.815. The number of guanidine groups is 1. The van der Waals surface area contributed by atoms with Crippen LogP contribution in [0.4, 0.5) is 0 Å². The Morgan fingerprint density at radius 2 is 2.09 bits per heavy atom. The number of aryl methyl sites for hydroxylation is 1. The van der Waals surface area contributed by atoms with Crippen LogP contribution in [-0.4, -0.2) is 48.9 Å². The van der Waals surface area contributed by atoms with Gasteiger partial charge in [-0.25, -0.2) is 4.98 Å². The van der Waals surface area contributed by atoms with Gasteiger partial charge in [0.15, 0.2) is 5.96 Å². The summed E-state index contributed by atoms with van der Waals surface area (Å²) in [6.07, 6.45) is 2.91. The number of imidazole rings is 1. The summed E-state index contributed by atoms with van der Waals surface area (Å²) in [6.45, 7) is 5.99. The second-order valence-electron chi connectivity index (χ2n) is 4.90. The molecule has 22 heavy (non-hydrogen) atoms. The zero-order valence-corrected chi connectivity index (χ0v) is 13.4. The van der Waals surface area contributed by atoms with Crippen LogP contribution >= 0.6 is 0 Å². The van der Waals surface area contributed by atoms with Crippen molar-refractivity contribution < 1.29 is 4.74 Å². The molecule has 0 spiro atoms. The zero-order chi connectivity index (χ0) is 15.6. The number of para-hydroxylation sites is 2. The Morgan fingerprint density at radius 3 is 2.91 bits per heavy atom. The van der Waals surface area contributed by atoms with Crippen molar-refractivity contribution in [2.45, 2.75) is 19.9 Å². The van der Waals surface area contributed by atoms with Crippen molar-refractivity contribution >= 4 is 17.0 Å². The van der Waals surface area contributed by atoms with Crippen molar-refractivity contribution in [1.82, 2.24) is 20.2 Å². The topological polar surface area (TPSA) is 63.5 Å². The highest BCUT2D eigenvalue weighted by Gasteiger charge is 2.01. The van der Waals surface area contributed by atoms with E-state index in [0.717, 1.165) is 44.1 Å². The van der Waals surface area contributed by atoms with Crippen molar-refractivity contribution in [3.63, 3.8) is 0 Å². The van der Waals surface area contributed by atoms with E-state index in [1.54, 1.807) is 7.05 Å². The minimum absolute atomic E-state index is 0.693. The third-order valence-electron chi connectivity index (χ3n) is 3.36. The van der Waals surface area contributed by atoms with Crippen LogP contribution in [0.5, 0.6) is 0 Å². The van der Waals surface area contributed by atoms with Gasteiger partial charge in [0, 0.05) is 33.3 Å². The predicted octanol–water partition coefficient (Wildman–Crippen LogP) is 1.63. The van der Waals surface area contributed by atoms with Crippen LogP contribution in [0.15, 0.2) is 35.6 Å². The van der Waals surface area contributed by atoms with E-state index in [1.165, 1.54) is 5.52 Å². The summed E-state index contributed by atoms with van der Waals surface area (Å²) in [6, 6.07) is 8.19. The maximum absolute atomic E-state index is 5.29. The maximum Gasteiger partial charge on any atom is 0.191 e. The van der Waals surface area contributed by atoms with Crippen LogP contribution in [0, 0.1) is 0 Å². The molecule has 2 aromatic rings. The first kappa shape index (κ1) is 16.3. The molecule has 0 saturated heterocycles. The van der Waals surface area contributed by atoms with Crippen molar-refractivity contribution in [3.8, 4) is 0 Å². The third kappa shape index (κ3) is 4.73. The van der Waals surface area contributed by atoms with E-state index in [-0.39, 0.29) is 0 Å². The number of fused-ring (bicyclic) bond motifs is 1. The van der Waals surface area contributed by atoms with E-state index in [9.17, 15) is 0 Å². The quantitative estimate of drug-likeness (QED) is 0.442. The first-order valence-electron chi connectivity index (χ1n) is 7.77. The van der Waals surface area contributed by atoms with Crippen molar-refractivity contribution in [2.24, 2.45) is 4.99 Å². The number of nitrogens with zero attached hydrogens (tertiary/aromatic N) is 3. The molecule has 0 aliphatic heterocycles. The lowest BCUT2D eigenvalue weighted by Crippen LogP contribution is -2.39. The minimum Gasteiger partial charge on any atom is -0.380 e. The predicted molar refractivity (Wildman–Crippen MR) is 90.2 cm³/mol. The van der Waals surface area contributed by atoms with Crippen LogP contribution < -0.4 is 10.6 Å². The number of aromatic nitrogens is 2. The summed E-state index contributed by atoms with van der Waals surface area (Å²) < 4.78 is 7.47. The monoisotopic (exact) mass is 303 g/mol. The molecular weight excluding hydrogens is 278 g/mol. The molecule has 120 valence electrons. The molecule has 2 N–H and O–H groups in total. The Bertz CT molecular complexity index is 593. The summed E-state index contributed by atoms with van der Waals surface area (Å²) in [5, 5.41) is 6.53.